The molecule has 8 nitrogen and oxygen atoms in total. The molecule has 0 saturated heterocycles. The number of carbonyl (C=O) groups excluding carboxylic acids is 1. The summed E-state index contributed by atoms with van der Waals surface area (Å²) in [5, 5.41) is 9.96. The molecule has 6 N–H and O–H groups in total. The number of anilines is 1. The maximum atomic E-state index is 11.6. The smallest absolute Gasteiger partial charge is 0.287 e. The third-order valence-electron chi connectivity index (χ3n) is 3.14. The normalized spacial score (nSPS) is 12.2. The topological polar surface area (TPSA) is 130 Å². The zero-order valence-corrected chi connectivity index (χ0v) is 12.3. The Kier molecular flexibility index (Phi) is 4.66. The van der Waals surface area contributed by atoms with E-state index in [1.165, 1.54) is 6.20 Å². The van der Waals surface area contributed by atoms with Crippen LogP contribution in [0.4, 0.5) is 5.82 Å². The first kappa shape index (κ1) is 15.8. The van der Waals surface area contributed by atoms with Gasteiger partial charge in [0.05, 0.1) is 11.9 Å². The van der Waals surface area contributed by atoms with Gasteiger partial charge in [0.15, 0.2) is 11.5 Å². The minimum absolute atomic E-state index is 0.00588. The number of aromatic nitrogens is 2. The predicted molar refractivity (Wildman–Crippen MR) is 82.2 cm³/mol. The lowest BCUT2D eigenvalue weighted by molar-refractivity contribution is 0.0395. The molecule has 1 amide bonds. The fourth-order valence-corrected chi connectivity index (χ4v) is 1.90. The van der Waals surface area contributed by atoms with Crippen LogP contribution in [0, 0.1) is 0 Å². The van der Waals surface area contributed by atoms with E-state index in [1.54, 1.807) is 43.3 Å². The molecule has 0 radical (unpaired) electrons. The number of benzene rings is 1. The lowest BCUT2D eigenvalue weighted by Gasteiger charge is -2.18. The van der Waals surface area contributed by atoms with E-state index in [-0.39, 0.29) is 11.5 Å². The van der Waals surface area contributed by atoms with Gasteiger partial charge < -0.3 is 10.8 Å². The van der Waals surface area contributed by atoms with Crippen LogP contribution in [0.2, 0.25) is 0 Å². The second-order valence-corrected chi connectivity index (χ2v) is 4.92. The maximum Gasteiger partial charge on any atom is 0.287 e. The highest BCUT2D eigenvalue weighted by molar-refractivity contribution is 5.96. The fourth-order valence-electron chi connectivity index (χ4n) is 1.90. The van der Waals surface area contributed by atoms with Gasteiger partial charge >= 0.3 is 0 Å². The third kappa shape index (κ3) is 3.19. The second-order valence-electron chi connectivity index (χ2n) is 4.92. The zero-order valence-electron chi connectivity index (χ0n) is 12.3. The summed E-state index contributed by atoms with van der Waals surface area (Å²) in [6, 6.07) is 7.13. The summed E-state index contributed by atoms with van der Waals surface area (Å²) in [4.78, 5) is 21.4. The molecular formula is C14H18N6O2. The van der Waals surface area contributed by atoms with Crippen molar-refractivity contribution in [3.63, 3.8) is 0 Å². The Balaban J connectivity index is 2.34. The highest BCUT2D eigenvalue weighted by Gasteiger charge is 2.14. The molecule has 0 aliphatic rings. The number of hydrazine groups is 1. The number of aliphatic hydroxyl groups excluding tert-OH is 1. The second kappa shape index (κ2) is 6.48. The van der Waals surface area contributed by atoms with Crippen molar-refractivity contribution >= 4 is 11.7 Å². The highest BCUT2D eigenvalue weighted by Crippen LogP contribution is 2.22. The van der Waals surface area contributed by atoms with Crippen LogP contribution in [0.25, 0.3) is 11.3 Å². The first-order valence-corrected chi connectivity index (χ1v) is 6.52. The van der Waals surface area contributed by atoms with Crippen LogP contribution in [-0.4, -0.2) is 40.0 Å². The van der Waals surface area contributed by atoms with Gasteiger partial charge in [-0.1, -0.05) is 24.3 Å². The number of amides is 1. The van der Waals surface area contributed by atoms with Crippen molar-refractivity contribution in [1.29, 1.82) is 0 Å². The number of hydrogen-bond donors (Lipinski definition) is 4. The van der Waals surface area contributed by atoms with E-state index in [0.29, 0.717) is 5.69 Å². The van der Waals surface area contributed by atoms with Crippen LogP contribution >= 0.6 is 0 Å². The van der Waals surface area contributed by atoms with Crippen LogP contribution in [0.3, 0.4) is 0 Å². The average molecular weight is 302 g/mol. The number of nitrogen functional groups attached to an aromatic ring is 2. The molecule has 1 heterocycles. The SMILES string of the molecule is CN(C)C(O)c1ccc(-c2cnc(N)c(C(=O)NN)n2)cc1. The lowest BCUT2D eigenvalue weighted by Crippen LogP contribution is -2.31. The molecule has 1 aromatic heterocycles. The largest absolute Gasteiger partial charge is 0.382 e. The summed E-state index contributed by atoms with van der Waals surface area (Å²) in [5.74, 6) is 4.49. The number of carbonyl (C=O) groups is 1. The van der Waals surface area contributed by atoms with Gasteiger partial charge in [-0.2, -0.15) is 0 Å². The van der Waals surface area contributed by atoms with Gasteiger partial charge in [0, 0.05) is 5.56 Å². The van der Waals surface area contributed by atoms with E-state index in [0.717, 1.165) is 11.1 Å². The lowest BCUT2D eigenvalue weighted by atomic mass is 10.1. The van der Waals surface area contributed by atoms with E-state index < -0.39 is 12.1 Å². The molecule has 2 rings (SSSR count). The van der Waals surface area contributed by atoms with Crippen molar-refractivity contribution in [3.05, 3.63) is 41.7 Å². The Hall–Kier alpha value is -2.55. The predicted octanol–water partition coefficient (Wildman–Crippen LogP) is -0.118. The summed E-state index contributed by atoms with van der Waals surface area (Å²) < 4.78 is 0. The Morgan fingerprint density at radius 1 is 1.32 bits per heavy atom. The summed E-state index contributed by atoms with van der Waals surface area (Å²) in [6.45, 7) is 0. The molecule has 22 heavy (non-hydrogen) atoms. The molecule has 0 spiro atoms. The Labute approximate surface area is 127 Å². The van der Waals surface area contributed by atoms with Crippen molar-refractivity contribution in [2.45, 2.75) is 6.23 Å². The number of nitrogens with one attached hydrogen (secondary N) is 1. The Morgan fingerprint density at radius 3 is 2.50 bits per heavy atom. The number of rotatable bonds is 4. The summed E-state index contributed by atoms with van der Waals surface area (Å²) in [7, 11) is 3.56. The van der Waals surface area contributed by atoms with Crippen molar-refractivity contribution in [3.8, 4) is 11.3 Å². The van der Waals surface area contributed by atoms with Crippen molar-refractivity contribution < 1.29 is 9.90 Å². The fraction of sp³-hybridized carbons (Fsp3) is 0.214. The maximum absolute atomic E-state index is 11.6. The van der Waals surface area contributed by atoms with Crippen LogP contribution in [0.15, 0.2) is 30.5 Å². The van der Waals surface area contributed by atoms with Gasteiger partial charge in [0.1, 0.15) is 6.23 Å². The van der Waals surface area contributed by atoms with E-state index in [9.17, 15) is 9.90 Å². The van der Waals surface area contributed by atoms with Crippen LogP contribution in [0.5, 0.6) is 0 Å². The molecule has 0 saturated carbocycles. The third-order valence-corrected chi connectivity index (χ3v) is 3.14. The van der Waals surface area contributed by atoms with E-state index >= 15 is 0 Å². The molecular weight excluding hydrogens is 284 g/mol. The quantitative estimate of drug-likeness (QED) is 0.268. The molecule has 0 aliphatic heterocycles. The average Bonchev–Trinajstić information content (AvgIpc) is 2.54. The zero-order chi connectivity index (χ0) is 16.3. The molecule has 0 bridgehead atoms. The minimum Gasteiger partial charge on any atom is -0.382 e. The molecule has 1 unspecified atom stereocenters. The van der Waals surface area contributed by atoms with E-state index in [1.807, 2.05) is 5.43 Å². The molecule has 2 aromatic rings. The van der Waals surface area contributed by atoms with Crippen molar-refractivity contribution in [1.82, 2.24) is 20.3 Å². The van der Waals surface area contributed by atoms with Gasteiger partial charge in [0.25, 0.3) is 5.91 Å². The Morgan fingerprint density at radius 2 is 1.95 bits per heavy atom. The molecule has 1 atom stereocenters. The molecule has 0 fully saturated rings. The molecule has 0 aliphatic carbocycles. The molecule has 116 valence electrons. The Bertz CT molecular complexity index is 672. The summed E-state index contributed by atoms with van der Waals surface area (Å²) in [5.41, 5.74) is 9.54. The highest BCUT2D eigenvalue weighted by atomic mass is 16.3. The standard InChI is InChI=1S/C14H18N6O2/c1-20(2)14(22)9-5-3-8(4-6-9)10-7-17-12(15)11(18-10)13(21)19-16/h3-7,14,22H,16H2,1-2H3,(H2,15,17)(H,19,21). The molecule has 8 heteroatoms. The van der Waals surface area contributed by atoms with Gasteiger partial charge in [-0.05, 0) is 19.7 Å². The van der Waals surface area contributed by atoms with Crippen LogP contribution < -0.4 is 17.0 Å². The van der Waals surface area contributed by atoms with Gasteiger partial charge in [-0.25, -0.2) is 15.8 Å². The number of nitrogens with two attached hydrogens (primary N) is 2. The molecule has 1 aromatic carbocycles. The van der Waals surface area contributed by atoms with Crippen molar-refractivity contribution in [2.24, 2.45) is 5.84 Å². The van der Waals surface area contributed by atoms with Crippen molar-refractivity contribution in [2.75, 3.05) is 19.8 Å². The van der Waals surface area contributed by atoms with Crippen LogP contribution in [-0.2, 0) is 0 Å². The first-order valence-electron chi connectivity index (χ1n) is 6.52. The number of aliphatic hydroxyl groups is 1. The van der Waals surface area contributed by atoms with Gasteiger partial charge in [-0.3, -0.25) is 15.1 Å². The van der Waals surface area contributed by atoms with E-state index in [4.69, 9.17) is 11.6 Å². The van der Waals surface area contributed by atoms with Gasteiger partial charge in [0.2, 0.25) is 0 Å². The van der Waals surface area contributed by atoms with Gasteiger partial charge in [-0.15, -0.1) is 0 Å². The minimum atomic E-state index is -0.690. The monoisotopic (exact) mass is 302 g/mol. The number of hydrogen-bond acceptors (Lipinski definition) is 7. The van der Waals surface area contributed by atoms with E-state index in [2.05, 4.69) is 9.97 Å². The summed E-state index contributed by atoms with van der Waals surface area (Å²) >= 11 is 0. The number of nitrogens with zero attached hydrogens (tertiary/aromatic N) is 3. The first-order chi connectivity index (χ1) is 10.4. The summed E-state index contributed by atoms with van der Waals surface area (Å²) in [6.07, 6.45) is 0.783. The van der Waals surface area contributed by atoms with Crippen LogP contribution in [0.1, 0.15) is 22.3 Å².